The minimum absolute atomic E-state index is 0.303. The molecule has 1 aromatic heterocycles. The molecule has 2 heterocycles. The fraction of sp³-hybridized carbons (Fsp3) is 0.818. The molecule has 1 aromatic rings. The lowest BCUT2D eigenvalue weighted by Gasteiger charge is -2.09. The molecule has 0 radical (unpaired) electrons. The fourth-order valence-electron chi connectivity index (χ4n) is 2.02. The summed E-state index contributed by atoms with van der Waals surface area (Å²) in [5.41, 5.74) is 1.02. The third-order valence-electron chi connectivity index (χ3n) is 2.86. The number of rotatable bonds is 5. The van der Waals surface area contributed by atoms with E-state index in [9.17, 15) is 0 Å². The number of hydrogen-bond donors (Lipinski definition) is 0. The lowest BCUT2D eigenvalue weighted by atomic mass is 10.2. The van der Waals surface area contributed by atoms with Crippen LogP contribution in [-0.4, -0.2) is 33.1 Å². The summed E-state index contributed by atoms with van der Waals surface area (Å²) in [5.74, 6) is 0.677. The normalized spacial score (nSPS) is 25.1. The van der Waals surface area contributed by atoms with Crippen LogP contribution in [0.2, 0.25) is 0 Å². The Morgan fingerprint density at radius 2 is 2.44 bits per heavy atom. The van der Waals surface area contributed by atoms with Crippen molar-refractivity contribution in [1.29, 1.82) is 0 Å². The Kier molecular flexibility index (Phi) is 4.18. The van der Waals surface area contributed by atoms with Crippen LogP contribution in [0.15, 0.2) is 6.20 Å². The molecule has 0 N–H and O–H groups in total. The summed E-state index contributed by atoms with van der Waals surface area (Å²) in [7, 11) is 0. The second-order valence-corrected chi connectivity index (χ2v) is 4.75. The number of alkyl halides is 1. The number of hydrogen-bond acceptors (Lipinski definition) is 3. The predicted molar refractivity (Wildman–Crippen MR) is 62.6 cm³/mol. The van der Waals surface area contributed by atoms with Crippen molar-refractivity contribution >= 4 is 11.6 Å². The molecule has 0 spiro atoms. The molecular weight excluding hydrogens is 226 g/mol. The van der Waals surface area contributed by atoms with E-state index in [0.29, 0.717) is 18.1 Å². The highest BCUT2D eigenvalue weighted by Gasteiger charge is 2.22. The monoisotopic (exact) mass is 243 g/mol. The molecule has 0 amide bonds. The maximum absolute atomic E-state index is 5.75. The lowest BCUT2D eigenvalue weighted by Crippen LogP contribution is -2.16. The summed E-state index contributed by atoms with van der Waals surface area (Å²) in [5, 5.41) is 8.21. The van der Waals surface area contributed by atoms with Crippen LogP contribution in [0.3, 0.4) is 0 Å². The van der Waals surface area contributed by atoms with Crippen molar-refractivity contribution in [2.45, 2.75) is 51.4 Å². The van der Waals surface area contributed by atoms with E-state index in [1.54, 1.807) is 0 Å². The van der Waals surface area contributed by atoms with Gasteiger partial charge in [-0.2, -0.15) is 0 Å². The standard InChI is InChI=1S/C11H18ClN3O/c1-9-4-5-11(16-9)8-15-7-10(13-14-15)3-2-6-12/h7,9,11H,2-6,8H2,1H3. The first-order valence-corrected chi connectivity index (χ1v) is 6.42. The summed E-state index contributed by atoms with van der Waals surface area (Å²) >= 11 is 5.64. The summed E-state index contributed by atoms with van der Waals surface area (Å²) in [6, 6.07) is 0. The Hall–Kier alpha value is -0.610. The van der Waals surface area contributed by atoms with Gasteiger partial charge in [-0.3, -0.25) is 0 Å². The average molecular weight is 244 g/mol. The molecule has 16 heavy (non-hydrogen) atoms. The molecule has 90 valence electrons. The van der Waals surface area contributed by atoms with Crippen LogP contribution in [-0.2, 0) is 17.7 Å². The Morgan fingerprint density at radius 3 is 3.12 bits per heavy atom. The minimum Gasteiger partial charge on any atom is -0.373 e. The third kappa shape index (κ3) is 3.19. The summed E-state index contributed by atoms with van der Waals surface area (Å²) in [4.78, 5) is 0. The van der Waals surface area contributed by atoms with Gasteiger partial charge in [0.1, 0.15) is 0 Å². The smallest absolute Gasteiger partial charge is 0.0827 e. The van der Waals surface area contributed by atoms with E-state index in [1.807, 2.05) is 10.9 Å². The van der Waals surface area contributed by atoms with Crippen LogP contribution in [0.1, 0.15) is 31.9 Å². The van der Waals surface area contributed by atoms with Gasteiger partial charge in [-0.15, -0.1) is 16.7 Å². The van der Waals surface area contributed by atoms with Crippen LogP contribution in [0, 0.1) is 0 Å². The molecule has 1 fully saturated rings. The molecule has 4 nitrogen and oxygen atoms in total. The number of aryl methyl sites for hydroxylation is 1. The zero-order valence-electron chi connectivity index (χ0n) is 9.60. The first kappa shape index (κ1) is 11.9. The van der Waals surface area contributed by atoms with Crippen LogP contribution < -0.4 is 0 Å². The van der Waals surface area contributed by atoms with Gasteiger partial charge in [0.05, 0.1) is 24.4 Å². The fourth-order valence-corrected chi connectivity index (χ4v) is 2.15. The number of halogens is 1. The van der Waals surface area contributed by atoms with Gasteiger partial charge in [0.2, 0.25) is 0 Å². The Morgan fingerprint density at radius 1 is 1.56 bits per heavy atom. The highest BCUT2D eigenvalue weighted by Crippen LogP contribution is 2.20. The molecule has 1 aliphatic rings. The van der Waals surface area contributed by atoms with Crippen molar-refractivity contribution in [1.82, 2.24) is 15.0 Å². The van der Waals surface area contributed by atoms with Crippen LogP contribution in [0.5, 0.6) is 0 Å². The van der Waals surface area contributed by atoms with E-state index in [4.69, 9.17) is 16.3 Å². The molecule has 2 rings (SSSR count). The van der Waals surface area contributed by atoms with Crippen molar-refractivity contribution in [3.05, 3.63) is 11.9 Å². The SMILES string of the molecule is CC1CCC(Cn2cc(CCCCl)nn2)O1. The maximum atomic E-state index is 5.75. The molecule has 1 aliphatic heterocycles. The molecule has 0 saturated carbocycles. The largest absolute Gasteiger partial charge is 0.373 e. The highest BCUT2D eigenvalue weighted by atomic mass is 35.5. The Labute approximate surface area is 101 Å². The number of aromatic nitrogens is 3. The van der Waals surface area contributed by atoms with Gasteiger partial charge in [-0.25, -0.2) is 4.68 Å². The van der Waals surface area contributed by atoms with E-state index in [1.165, 1.54) is 0 Å². The molecule has 5 heteroatoms. The molecule has 2 unspecified atom stereocenters. The summed E-state index contributed by atoms with van der Waals surface area (Å²) in [6.07, 6.45) is 6.83. The second-order valence-electron chi connectivity index (χ2n) is 4.37. The van der Waals surface area contributed by atoms with E-state index in [0.717, 1.165) is 37.9 Å². The van der Waals surface area contributed by atoms with Crippen molar-refractivity contribution in [2.75, 3.05) is 5.88 Å². The quantitative estimate of drug-likeness (QED) is 0.743. The third-order valence-corrected chi connectivity index (χ3v) is 3.13. The van der Waals surface area contributed by atoms with E-state index in [2.05, 4.69) is 17.2 Å². The summed E-state index contributed by atoms with van der Waals surface area (Å²) < 4.78 is 7.63. The van der Waals surface area contributed by atoms with Gasteiger partial charge in [0.25, 0.3) is 0 Å². The molecule has 0 bridgehead atoms. The van der Waals surface area contributed by atoms with Crippen molar-refractivity contribution in [2.24, 2.45) is 0 Å². The molecule has 2 atom stereocenters. The second kappa shape index (κ2) is 5.64. The Balaban J connectivity index is 1.83. The molecular formula is C11H18ClN3O. The van der Waals surface area contributed by atoms with Gasteiger partial charge in [0.15, 0.2) is 0 Å². The van der Waals surface area contributed by atoms with E-state index < -0.39 is 0 Å². The van der Waals surface area contributed by atoms with Crippen molar-refractivity contribution in [3.63, 3.8) is 0 Å². The van der Waals surface area contributed by atoms with Crippen molar-refractivity contribution < 1.29 is 4.74 Å². The van der Waals surface area contributed by atoms with Gasteiger partial charge >= 0.3 is 0 Å². The first-order valence-electron chi connectivity index (χ1n) is 5.88. The van der Waals surface area contributed by atoms with Crippen LogP contribution >= 0.6 is 11.6 Å². The van der Waals surface area contributed by atoms with Gasteiger partial charge in [-0.1, -0.05) is 5.21 Å². The zero-order chi connectivity index (χ0) is 11.4. The maximum Gasteiger partial charge on any atom is 0.0827 e. The molecule has 0 aromatic carbocycles. The van der Waals surface area contributed by atoms with E-state index in [-0.39, 0.29) is 0 Å². The minimum atomic E-state index is 0.303. The summed E-state index contributed by atoms with van der Waals surface area (Å²) in [6.45, 7) is 2.94. The van der Waals surface area contributed by atoms with Gasteiger partial charge < -0.3 is 4.74 Å². The first-order chi connectivity index (χ1) is 7.78. The Bertz CT molecular complexity index is 329. The van der Waals surface area contributed by atoms with E-state index >= 15 is 0 Å². The van der Waals surface area contributed by atoms with Crippen LogP contribution in [0.4, 0.5) is 0 Å². The molecule has 0 aliphatic carbocycles. The lowest BCUT2D eigenvalue weighted by molar-refractivity contribution is 0.0434. The van der Waals surface area contributed by atoms with Crippen LogP contribution in [0.25, 0.3) is 0 Å². The predicted octanol–water partition coefficient (Wildman–Crippen LogP) is 2.02. The average Bonchev–Trinajstić information content (AvgIpc) is 2.86. The van der Waals surface area contributed by atoms with Gasteiger partial charge in [0, 0.05) is 12.1 Å². The topological polar surface area (TPSA) is 39.9 Å². The highest BCUT2D eigenvalue weighted by molar-refractivity contribution is 6.17. The molecule has 1 saturated heterocycles. The van der Waals surface area contributed by atoms with Crippen molar-refractivity contribution in [3.8, 4) is 0 Å². The number of ether oxygens (including phenoxy) is 1. The van der Waals surface area contributed by atoms with Gasteiger partial charge in [-0.05, 0) is 32.6 Å². The number of nitrogens with zero attached hydrogens (tertiary/aromatic N) is 3. The zero-order valence-corrected chi connectivity index (χ0v) is 10.4.